The first kappa shape index (κ1) is 18.4. The number of carbonyl (C=O) groups is 1. The van der Waals surface area contributed by atoms with E-state index in [0.717, 1.165) is 71.5 Å². The van der Waals surface area contributed by atoms with Crippen LogP contribution in [0.1, 0.15) is 52.9 Å². The molecule has 0 aromatic heterocycles. The third-order valence-electron chi connectivity index (χ3n) is 4.05. The molecule has 0 aromatic carbocycles. The summed E-state index contributed by atoms with van der Waals surface area (Å²) in [6.07, 6.45) is 5.32. The highest BCUT2D eigenvalue weighted by Gasteiger charge is 2.24. The van der Waals surface area contributed by atoms with E-state index in [0.29, 0.717) is 5.92 Å². The van der Waals surface area contributed by atoms with Gasteiger partial charge in [0, 0.05) is 32.2 Å². The summed E-state index contributed by atoms with van der Waals surface area (Å²) in [5.74, 6) is 1.22. The lowest BCUT2D eigenvalue weighted by molar-refractivity contribution is -0.126. The number of carbonyl (C=O) groups excluding carboxylic acids is 1. The van der Waals surface area contributed by atoms with Crippen LogP contribution in [0.15, 0.2) is 0 Å². The molecule has 1 heterocycles. The van der Waals surface area contributed by atoms with E-state index in [1.165, 1.54) is 0 Å². The van der Waals surface area contributed by atoms with E-state index in [9.17, 15) is 4.79 Å². The second-order valence-corrected chi connectivity index (χ2v) is 6.52. The summed E-state index contributed by atoms with van der Waals surface area (Å²) in [5, 5.41) is 3.10. The average molecular weight is 298 g/mol. The van der Waals surface area contributed by atoms with Crippen LogP contribution in [0.3, 0.4) is 0 Å². The van der Waals surface area contributed by atoms with Gasteiger partial charge in [0.1, 0.15) is 0 Å². The van der Waals surface area contributed by atoms with E-state index in [2.05, 4.69) is 24.1 Å². The van der Waals surface area contributed by atoms with Gasteiger partial charge >= 0.3 is 0 Å². The molecule has 1 aliphatic rings. The van der Waals surface area contributed by atoms with Crippen LogP contribution in [0.4, 0.5) is 0 Å². The number of nitrogens with one attached hydrogen (secondary N) is 1. The molecule has 1 N–H and O–H groups in total. The highest BCUT2D eigenvalue weighted by atomic mass is 16.5. The zero-order valence-corrected chi connectivity index (χ0v) is 14.2. The molecule has 0 atom stereocenters. The molecule has 1 aliphatic heterocycles. The Morgan fingerprint density at radius 3 is 2.57 bits per heavy atom. The SMILES string of the molecule is CCOCCCCCNC(=O)C1CCN(CC(C)C)CC1. The van der Waals surface area contributed by atoms with Gasteiger partial charge in [0.2, 0.25) is 5.91 Å². The Labute approximate surface area is 130 Å². The summed E-state index contributed by atoms with van der Waals surface area (Å²) in [6, 6.07) is 0. The van der Waals surface area contributed by atoms with Gasteiger partial charge in [-0.2, -0.15) is 0 Å². The Balaban J connectivity index is 2.03. The maximum absolute atomic E-state index is 12.1. The van der Waals surface area contributed by atoms with Gasteiger partial charge in [-0.05, 0) is 58.0 Å². The van der Waals surface area contributed by atoms with Crippen LogP contribution in [-0.4, -0.2) is 50.2 Å². The summed E-state index contributed by atoms with van der Waals surface area (Å²) in [7, 11) is 0. The number of nitrogens with zero attached hydrogens (tertiary/aromatic N) is 1. The summed E-state index contributed by atoms with van der Waals surface area (Å²) in [5.41, 5.74) is 0. The van der Waals surface area contributed by atoms with E-state index in [-0.39, 0.29) is 11.8 Å². The molecule has 1 amide bonds. The number of hydrogen-bond donors (Lipinski definition) is 1. The number of unbranched alkanes of at least 4 members (excludes halogenated alkanes) is 2. The Bertz CT molecular complexity index is 274. The molecule has 4 nitrogen and oxygen atoms in total. The number of ether oxygens (including phenoxy) is 1. The number of amides is 1. The third-order valence-corrected chi connectivity index (χ3v) is 4.05. The van der Waals surface area contributed by atoms with Crippen LogP contribution in [0.5, 0.6) is 0 Å². The van der Waals surface area contributed by atoms with Crippen LogP contribution in [-0.2, 0) is 9.53 Å². The second kappa shape index (κ2) is 11.0. The molecule has 0 radical (unpaired) electrons. The van der Waals surface area contributed by atoms with Gasteiger partial charge in [0.05, 0.1) is 0 Å². The first-order chi connectivity index (χ1) is 10.1. The molecule has 21 heavy (non-hydrogen) atoms. The van der Waals surface area contributed by atoms with Crippen molar-refractivity contribution in [3.05, 3.63) is 0 Å². The zero-order chi connectivity index (χ0) is 15.5. The highest BCUT2D eigenvalue weighted by Crippen LogP contribution is 2.18. The number of likely N-dealkylation sites (tertiary alicyclic amines) is 1. The second-order valence-electron chi connectivity index (χ2n) is 6.52. The number of rotatable bonds is 10. The van der Waals surface area contributed by atoms with Gasteiger partial charge in [0.25, 0.3) is 0 Å². The van der Waals surface area contributed by atoms with Crippen LogP contribution in [0.25, 0.3) is 0 Å². The number of hydrogen-bond acceptors (Lipinski definition) is 3. The van der Waals surface area contributed by atoms with Gasteiger partial charge in [-0.1, -0.05) is 13.8 Å². The van der Waals surface area contributed by atoms with Crippen molar-refractivity contribution in [2.24, 2.45) is 11.8 Å². The fourth-order valence-electron chi connectivity index (χ4n) is 2.90. The smallest absolute Gasteiger partial charge is 0.223 e. The van der Waals surface area contributed by atoms with Crippen molar-refractivity contribution < 1.29 is 9.53 Å². The first-order valence-electron chi connectivity index (χ1n) is 8.71. The molecule has 0 saturated carbocycles. The molecule has 1 saturated heterocycles. The van der Waals surface area contributed by atoms with E-state index in [1.54, 1.807) is 0 Å². The van der Waals surface area contributed by atoms with Crippen LogP contribution in [0.2, 0.25) is 0 Å². The summed E-state index contributed by atoms with van der Waals surface area (Å²) >= 11 is 0. The van der Waals surface area contributed by atoms with Crippen molar-refractivity contribution in [1.29, 1.82) is 0 Å². The summed E-state index contributed by atoms with van der Waals surface area (Å²) < 4.78 is 5.30. The minimum atomic E-state index is 0.233. The molecule has 0 spiro atoms. The molecule has 1 fully saturated rings. The van der Waals surface area contributed by atoms with Crippen LogP contribution < -0.4 is 5.32 Å². The standard InChI is InChI=1S/C17H34N2O2/c1-4-21-13-7-5-6-10-18-17(20)16-8-11-19(12-9-16)14-15(2)3/h15-16H,4-14H2,1-3H3,(H,18,20). The predicted molar refractivity (Wildman–Crippen MR) is 87.4 cm³/mol. The fourth-order valence-corrected chi connectivity index (χ4v) is 2.90. The van der Waals surface area contributed by atoms with E-state index in [1.807, 2.05) is 6.92 Å². The quantitative estimate of drug-likeness (QED) is 0.631. The Morgan fingerprint density at radius 2 is 1.95 bits per heavy atom. The van der Waals surface area contributed by atoms with Crippen molar-refractivity contribution >= 4 is 5.91 Å². The van der Waals surface area contributed by atoms with Crippen molar-refractivity contribution in [3.8, 4) is 0 Å². The average Bonchev–Trinajstić information content (AvgIpc) is 2.46. The topological polar surface area (TPSA) is 41.6 Å². The Kier molecular flexibility index (Phi) is 9.68. The molecular formula is C17H34N2O2. The molecule has 0 bridgehead atoms. The lowest BCUT2D eigenvalue weighted by Gasteiger charge is -2.32. The molecule has 0 aliphatic carbocycles. The monoisotopic (exact) mass is 298 g/mol. The van der Waals surface area contributed by atoms with Crippen molar-refractivity contribution in [2.45, 2.75) is 52.9 Å². The number of piperidine rings is 1. The van der Waals surface area contributed by atoms with Crippen LogP contribution in [0, 0.1) is 11.8 Å². The van der Waals surface area contributed by atoms with Gasteiger partial charge in [0.15, 0.2) is 0 Å². The van der Waals surface area contributed by atoms with Gasteiger partial charge in [-0.3, -0.25) is 4.79 Å². The van der Waals surface area contributed by atoms with Crippen LogP contribution >= 0.6 is 0 Å². The van der Waals surface area contributed by atoms with Gasteiger partial charge < -0.3 is 15.0 Å². The Morgan fingerprint density at radius 1 is 1.24 bits per heavy atom. The summed E-state index contributed by atoms with van der Waals surface area (Å²) in [6.45, 7) is 12.3. The predicted octanol–water partition coefficient (Wildman–Crippen LogP) is 2.68. The molecule has 124 valence electrons. The van der Waals surface area contributed by atoms with E-state index >= 15 is 0 Å². The lowest BCUT2D eigenvalue weighted by atomic mass is 9.95. The molecule has 0 unspecified atom stereocenters. The largest absolute Gasteiger partial charge is 0.382 e. The normalized spacial score (nSPS) is 17.3. The lowest BCUT2D eigenvalue weighted by Crippen LogP contribution is -2.41. The van der Waals surface area contributed by atoms with E-state index in [4.69, 9.17) is 4.74 Å². The maximum atomic E-state index is 12.1. The van der Waals surface area contributed by atoms with E-state index < -0.39 is 0 Å². The zero-order valence-electron chi connectivity index (χ0n) is 14.2. The first-order valence-corrected chi connectivity index (χ1v) is 8.71. The molecule has 1 rings (SSSR count). The van der Waals surface area contributed by atoms with Crippen molar-refractivity contribution in [3.63, 3.8) is 0 Å². The minimum Gasteiger partial charge on any atom is -0.382 e. The molecular weight excluding hydrogens is 264 g/mol. The fraction of sp³-hybridized carbons (Fsp3) is 0.941. The van der Waals surface area contributed by atoms with Crippen molar-refractivity contribution in [1.82, 2.24) is 10.2 Å². The molecule has 0 aromatic rings. The van der Waals surface area contributed by atoms with Crippen molar-refractivity contribution in [2.75, 3.05) is 39.4 Å². The van der Waals surface area contributed by atoms with Gasteiger partial charge in [-0.25, -0.2) is 0 Å². The molecule has 4 heteroatoms. The minimum absolute atomic E-state index is 0.233. The third kappa shape index (κ3) is 8.42. The Hall–Kier alpha value is -0.610. The van der Waals surface area contributed by atoms with Gasteiger partial charge in [-0.15, -0.1) is 0 Å². The highest BCUT2D eigenvalue weighted by molar-refractivity contribution is 5.78. The summed E-state index contributed by atoms with van der Waals surface area (Å²) in [4.78, 5) is 14.6. The maximum Gasteiger partial charge on any atom is 0.223 e.